The zero-order valence-electron chi connectivity index (χ0n) is 20.9. The number of nitrogens with one attached hydrogen (secondary N) is 1. The Kier molecular flexibility index (Phi) is 9.20. The molecule has 3 heterocycles. The molecule has 2 atom stereocenters. The third kappa shape index (κ3) is 6.75. The van der Waals surface area contributed by atoms with Crippen LogP contribution < -0.4 is 11.1 Å². The smallest absolute Gasteiger partial charge is 0.348 e. The fourth-order valence-corrected chi connectivity index (χ4v) is 5.56. The zero-order chi connectivity index (χ0) is 28.1. The number of carbonyl (C=O) groups excluding carboxylic acids is 4. The van der Waals surface area contributed by atoms with Gasteiger partial charge in [0.2, 0.25) is 17.7 Å². The number of ether oxygens (including phenoxy) is 1. The SMILES string of the molecule is COC(=O)c1ccc(-c2cn(C(CCC(N)=O)C(=O)N3CCCCC3C(=O)Nc3cc(Cl)ccc3Cl)nn2)s1. The highest BCUT2D eigenvalue weighted by molar-refractivity contribution is 7.17. The van der Waals surface area contributed by atoms with E-state index in [1.807, 2.05) is 0 Å². The summed E-state index contributed by atoms with van der Waals surface area (Å²) in [4.78, 5) is 53.2. The van der Waals surface area contributed by atoms with Crippen LogP contribution in [0.25, 0.3) is 10.6 Å². The van der Waals surface area contributed by atoms with Crippen LogP contribution in [0, 0.1) is 0 Å². The number of primary amides is 1. The number of aromatic nitrogens is 3. The molecule has 0 radical (unpaired) electrons. The molecule has 0 aliphatic carbocycles. The van der Waals surface area contributed by atoms with Gasteiger partial charge in [-0.15, -0.1) is 16.4 Å². The number of nitrogens with two attached hydrogens (primary N) is 1. The van der Waals surface area contributed by atoms with E-state index in [9.17, 15) is 19.2 Å². The van der Waals surface area contributed by atoms with E-state index in [1.54, 1.807) is 36.5 Å². The Labute approximate surface area is 238 Å². The van der Waals surface area contributed by atoms with Crippen molar-refractivity contribution in [2.75, 3.05) is 19.0 Å². The molecular weight excluding hydrogens is 567 g/mol. The summed E-state index contributed by atoms with van der Waals surface area (Å²) in [5, 5.41) is 11.8. The van der Waals surface area contributed by atoms with E-state index < -0.39 is 29.9 Å². The second-order valence-corrected chi connectivity index (χ2v) is 10.8. The van der Waals surface area contributed by atoms with Crippen molar-refractivity contribution in [3.05, 3.63) is 51.5 Å². The van der Waals surface area contributed by atoms with E-state index in [4.69, 9.17) is 33.7 Å². The van der Waals surface area contributed by atoms with Gasteiger partial charge in [0.05, 0.1) is 28.9 Å². The van der Waals surface area contributed by atoms with Gasteiger partial charge in [-0.3, -0.25) is 14.4 Å². The molecule has 1 fully saturated rings. The molecule has 0 bridgehead atoms. The van der Waals surface area contributed by atoms with Crippen LogP contribution in [0.5, 0.6) is 0 Å². The summed E-state index contributed by atoms with van der Waals surface area (Å²) in [5.74, 6) is -1.82. The molecule has 206 valence electrons. The molecule has 3 N–H and O–H groups in total. The minimum absolute atomic E-state index is 0.0692. The lowest BCUT2D eigenvalue weighted by atomic mass is 9.99. The molecule has 1 saturated heterocycles. The predicted octanol–water partition coefficient (Wildman–Crippen LogP) is 3.93. The van der Waals surface area contributed by atoms with Crippen molar-refractivity contribution in [3.8, 4) is 10.6 Å². The monoisotopic (exact) mass is 592 g/mol. The van der Waals surface area contributed by atoms with Gasteiger partial charge in [0.1, 0.15) is 22.7 Å². The lowest BCUT2D eigenvalue weighted by Crippen LogP contribution is -2.52. The van der Waals surface area contributed by atoms with E-state index >= 15 is 0 Å². The van der Waals surface area contributed by atoms with E-state index in [-0.39, 0.29) is 18.7 Å². The molecule has 1 aliphatic rings. The van der Waals surface area contributed by atoms with Gasteiger partial charge >= 0.3 is 5.97 Å². The van der Waals surface area contributed by atoms with E-state index in [0.29, 0.717) is 50.6 Å². The molecule has 1 aromatic carbocycles. The lowest BCUT2D eigenvalue weighted by Gasteiger charge is -2.36. The Morgan fingerprint density at radius 1 is 1.21 bits per heavy atom. The minimum Gasteiger partial charge on any atom is -0.465 e. The molecule has 0 saturated carbocycles. The number of anilines is 1. The van der Waals surface area contributed by atoms with Crippen molar-refractivity contribution in [1.82, 2.24) is 19.9 Å². The molecule has 14 heteroatoms. The lowest BCUT2D eigenvalue weighted by molar-refractivity contribution is -0.143. The van der Waals surface area contributed by atoms with Crippen LogP contribution in [0.3, 0.4) is 0 Å². The van der Waals surface area contributed by atoms with E-state index in [0.717, 1.165) is 6.42 Å². The number of carbonyl (C=O) groups is 4. The Morgan fingerprint density at radius 2 is 2.00 bits per heavy atom. The third-order valence-corrected chi connectivity index (χ3v) is 7.95. The number of methoxy groups -OCH3 is 1. The molecule has 2 aromatic heterocycles. The van der Waals surface area contributed by atoms with Crippen molar-refractivity contribution in [1.29, 1.82) is 0 Å². The van der Waals surface area contributed by atoms with Crippen LogP contribution in [0.1, 0.15) is 47.8 Å². The molecule has 4 rings (SSSR count). The number of piperidine rings is 1. The number of amides is 3. The predicted molar refractivity (Wildman–Crippen MR) is 147 cm³/mol. The van der Waals surface area contributed by atoms with Gasteiger partial charge < -0.3 is 20.7 Å². The van der Waals surface area contributed by atoms with Gasteiger partial charge in [-0.2, -0.15) is 0 Å². The first-order chi connectivity index (χ1) is 18.7. The van der Waals surface area contributed by atoms with Crippen molar-refractivity contribution in [2.24, 2.45) is 5.73 Å². The fraction of sp³-hybridized carbons (Fsp3) is 0.360. The maximum Gasteiger partial charge on any atom is 0.348 e. The highest BCUT2D eigenvalue weighted by atomic mass is 35.5. The minimum atomic E-state index is -0.929. The Bertz CT molecular complexity index is 1390. The molecule has 3 aromatic rings. The zero-order valence-corrected chi connectivity index (χ0v) is 23.3. The summed E-state index contributed by atoms with van der Waals surface area (Å²) in [6, 6.07) is 6.36. The maximum absolute atomic E-state index is 13.9. The third-order valence-electron chi connectivity index (χ3n) is 6.30. The van der Waals surface area contributed by atoms with Gasteiger partial charge in [-0.05, 0) is 56.0 Å². The quantitative estimate of drug-likeness (QED) is 0.357. The number of hydrogen-bond donors (Lipinski definition) is 2. The largest absolute Gasteiger partial charge is 0.465 e. The highest BCUT2D eigenvalue weighted by Gasteiger charge is 2.37. The molecule has 0 spiro atoms. The van der Waals surface area contributed by atoms with Crippen LogP contribution in [-0.4, -0.2) is 63.3 Å². The van der Waals surface area contributed by atoms with Crippen LogP contribution in [0.15, 0.2) is 36.5 Å². The van der Waals surface area contributed by atoms with Gasteiger partial charge in [0.15, 0.2) is 0 Å². The standard InChI is InChI=1S/C25H26Cl2N6O5S/c1-38-25(37)21-9-8-20(39-21)17-13-33(31-30-17)19(7-10-22(28)34)24(36)32-11-3-2-4-18(32)23(35)29-16-12-14(26)5-6-15(16)27/h5-6,8-9,12-13,18-19H,2-4,7,10-11H2,1H3,(H2,28,34)(H,29,35). The molecule has 39 heavy (non-hydrogen) atoms. The average molecular weight is 593 g/mol. The number of esters is 1. The summed E-state index contributed by atoms with van der Waals surface area (Å²) >= 11 is 13.4. The number of thiophene rings is 1. The summed E-state index contributed by atoms with van der Waals surface area (Å²) in [6.45, 7) is 0.349. The Balaban J connectivity index is 1.58. The van der Waals surface area contributed by atoms with Gasteiger partial charge in [0.25, 0.3) is 0 Å². The van der Waals surface area contributed by atoms with E-state index in [2.05, 4.69) is 15.6 Å². The van der Waals surface area contributed by atoms with Crippen LogP contribution in [0.4, 0.5) is 5.69 Å². The molecule has 3 amide bonds. The summed E-state index contributed by atoms with van der Waals surface area (Å²) < 4.78 is 6.12. The van der Waals surface area contributed by atoms with Gasteiger partial charge in [-0.25, -0.2) is 9.48 Å². The number of rotatable bonds is 9. The maximum atomic E-state index is 13.9. The second-order valence-electron chi connectivity index (χ2n) is 8.92. The summed E-state index contributed by atoms with van der Waals surface area (Å²) in [7, 11) is 1.30. The van der Waals surface area contributed by atoms with Crippen molar-refractivity contribution >= 4 is 63.9 Å². The van der Waals surface area contributed by atoms with Crippen molar-refractivity contribution < 1.29 is 23.9 Å². The van der Waals surface area contributed by atoms with Crippen LogP contribution >= 0.6 is 34.5 Å². The van der Waals surface area contributed by atoms with Gasteiger partial charge in [-0.1, -0.05) is 28.4 Å². The van der Waals surface area contributed by atoms with Crippen LogP contribution in [-0.2, 0) is 19.1 Å². The first-order valence-corrected chi connectivity index (χ1v) is 13.7. The van der Waals surface area contributed by atoms with Gasteiger partial charge in [0, 0.05) is 18.0 Å². The molecule has 1 aliphatic heterocycles. The summed E-state index contributed by atoms with van der Waals surface area (Å²) in [6.07, 6.45) is 3.49. The van der Waals surface area contributed by atoms with Crippen molar-refractivity contribution in [2.45, 2.75) is 44.2 Å². The topological polar surface area (TPSA) is 150 Å². The van der Waals surface area contributed by atoms with Crippen LogP contribution in [0.2, 0.25) is 10.0 Å². The number of likely N-dealkylation sites (tertiary alicyclic amines) is 1. The molecule has 11 nitrogen and oxygen atoms in total. The number of benzene rings is 1. The first-order valence-electron chi connectivity index (χ1n) is 12.1. The highest BCUT2D eigenvalue weighted by Crippen LogP contribution is 2.30. The number of halogens is 2. The Morgan fingerprint density at radius 3 is 2.74 bits per heavy atom. The number of hydrogen-bond acceptors (Lipinski definition) is 8. The van der Waals surface area contributed by atoms with E-state index in [1.165, 1.54) is 28.0 Å². The molecule has 2 unspecified atom stereocenters. The first kappa shape index (κ1) is 28.5. The van der Waals surface area contributed by atoms with Crippen molar-refractivity contribution in [3.63, 3.8) is 0 Å². The molecular formula is C25H26Cl2N6O5S. The summed E-state index contributed by atoms with van der Waals surface area (Å²) in [5.41, 5.74) is 6.18. The Hall–Kier alpha value is -3.48. The normalized spacial score (nSPS) is 16.0. The second kappa shape index (κ2) is 12.6. The number of nitrogens with zero attached hydrogens (tertiary/aromatic N) is 4. The average Bonchev–Trinajstić information content (AvgIpc) is 3.60. The fourth-order valence-electron chi connectivity index (χ4n) is 4.34.